The molecule has 6 heteroatoms. The van der Waals surface area contributed by atoms with Gasteiger partial charge in [0.05, 0.1) is 23.6 Å². The summed E-state index contributed by atoms with van der Waals surface area (Å²) in [5, 5.41) is 4.29. The quantitative estimate of drug-likeness (QED) is 0.662. The van der Waals surface area contributed by atoms with E-state index in [2.05, 4.69) is 50.6 Å². The lowest BCUT2D eigenvalue weighted by Crippen LogP contribution is -2.41. The van der Waals surface area contributed by atoms with Crippen molar-refractivity contribution in [3.63, 3.8) is 0 Å². The molecule has 1 aromatic carbocycles. The molecule has 1 saturated heterocycles. The van der Waals surface area contributed by atoms with Crippen LogP contribution in [0.5, 0.6) is 0 Å². The van der Waals surface area contributed by atoms with Crippen LogP contribution in [0.25, 0.3) is 22.5 Å². The lowest BCUT2D eigenvalue weighted by molar-refractivity contribution is -0.123. The molecule has 0 aliphatic carbocycles. The molecule has 1 aliphatic heterocycles. The molecule has 0 radical (unpaired) electrons. The number of carbonyl (C=O) groups excluding carboxylic acids is 1. The lowest BCUT2D eigenvalue weighted by atomic mass is 9.97. The van der Waals surface area contributed by atoms with E-state index in [9.17, 15) is 4.79 Å². The van der Waals surface area contributed by atoms with Gasteiger partial charge in [0.15, 0.2) is 0 Å². The van der Waals surface area contributed by atoms with Crippen molar-refractivity contribution in [1.29, 1.82) is 0 Å². The zero-order valence-corrected chi connectivity index (χ0v) is 16.8. The molecule has 1 atom stereocenters. The second-order valence-corrected chi connectivity index (χ2v) is 8.19. The molecule has 2 N–H and O–H groups in total. The lowest BCUT2D eigenvalue weighted by Gasteiger charge is -2.31. The van der Waals surface area contributed by atoms with E-state index < -0.39 is 0 Å². The SMILES string of the molecule is NC(=O)C1CCCN(CCCn2cnc(-c3ccccc3)c2-c2ccsc2)C1. The highest BCUT2D eigenvalue weighted by molar-refractivity contribution is 7.08. The van der Waals surface area contributed by atoms with Gasteiger partial charge in [-0.05, 0) is 43.8 Å². The van der Waals surface area contributed by atoms with Crippen molar-refractivity contribution in [2.24, 2.45) is 11.7 Å². The van der Waals surface area contributed by atoms with Crippen molar-refractivity contribution in [3.05, 3.63) is 53.5 Å². The minimum Gasteiger partial charge on any atom is -0.369 e. The number of rotatable bonds is 7. The Morgan fingerprint density at radius 3 is 2.79 bits per heavy atom. The summed E-state index contributed by atoms with van der Waals surface area (Å²) in [6, 6.07) is 12.5. The fourth-order valence-corrected chi connectivity index (χ4v) is 4.66. The number of aryl methyl sites for hydroxylation is 1. The Hall–Kier alpha value is -2.44. The third-order valence-electron chi connectivity index (χ3n) is 5.46. The maximum absolute atomic E-state index is 11.5. The van der Waals surface area contributed by atoms with Crippen LogP contribution in [0.3, 0.4) is 0 Å². The van der Waals surface area contributed by atoms with E-state index in [1.165, 1.54) is 11.3 Å². The number of nitrogens with zero attached hydrogens (tertiary/aromatic N) is 3. The fourth-order valence-electron chi connectivity index (χ4n) is 4.02. The molecule has 4 rings (SSSR count). The molecule has 0 saturated carbocycles. The molecule has 1 unspecified atom stereocenters. The molecule has 3 aromatic rings. The summed E-state index contributed by atoms with van der Waals surface area (Å²) in [4.78, 5) is 18.6. The molecule has 0 bridgehead atoms. The molecule has 1 amide bonds. The number of primary amides is 1. The molecule has 2 aromatic heterocycles. The number of amides is 1. The van der Waals surface area contributed by atoms with Gasteiger partial charge in [-0.25, -0.2) is 4.98 Å². The number of imidazole rings is 1. The van der Waals surface area contributed by atoms with Crippen LogP contribution in [0.15, 0.2) is 53.5 Å². The van der Waals surface area contributed by atoms with Crippen molar-refractivity contribution in [2.45, 2.75) is 25.8 Å². The van der Waals surface area contributed by atoms with E-state index in [-0.39, 0.29) is 11.8 Å². The first kappa shape index (κ1) is 18.9. The molecule has 146 valence electrons. The maximum Gasteiger partial charge on any atom is 0.221 e. The van der Waals surface area contributed by atoms with Crippen LogP contribution in [0, 0.1) is 5.92 Å². The van der Waals surface area contributed by atoms with Crippen LogP contribution in [-0.4, -0.2) is 40.0 Å². The van der Waals surface area contributed by atoms with E-state index in [0.29, 0.717) is 0 Å². The Kier molecular flexibility index (Phi) is 5.88. The van der Waals surface area contributed by atoms with E-state index >= 15 is 0 Å². The van der Waals surface area contributed by atoms with Gasteiger partial charge in [0.1, 0.15) is 0 Å². The maximum atomic E-state index is 11.5. The van der Waals surface area contributed by atoms with Crippen molar-refractivity contribution < 1.29 is 4.79 Å². The zero-order valence-electron chi connectivity index (χ0n) is 16.0. The average molecular weight is 395 g/mol. The van der Waals surface area contributed by atoms with Gasteiger partial charge in [0.2, 0.25) is 5.91 Å². The molecule has 0 spiro atoms. The minimum atomic E-state index is -0.161. The zero-order chi connectivity index (χ0) is 19.3. The standard InChI is InChI=1S/C22H26N4OS/c23-22(27)18-8-4-10-25(14-18)11-5-12-26-16-24-20(17-6-2-1-3-7-17)21(26)19-9-13-28-15-19/h1-3,6-7,9,13,15-16,18H,4-5,8,10-12,14H2,(H2,23,27). The van der Waals surface area contributed by atoms with Crippen LogP contribution in [-0.2, 0) is 11.3 Å². The third kappa shape index (κ3) is 4.18. The monoisotopic (exact) mass is 394 g/mol. The van der Waals surface area contributed by atoms with Gasteiger partial charge in [0.25, 0.3) is 0 Å². The number of carbonyl (C=O) groups is 1. The van der Waals surface area contributed by atoms with Crippen molar-refractivity contribution in [1.82, 2.24) is 14.5 Å². The summed E-state index contributed by atoms with van der Waals surface area (Å²) in [6.07, 6.45) is 4.96. The number of aromatic nitrogens is 2. The number of hydrogen-bond donors (Lipinski definition) is 1. The van der Waals surface area contributed by atoms with Crippen LogP contribution >= 0.6 is 11.3 Å². The first-order chi connectivity index (χ1) is 13.7. The molecule has 5 nitrogen and oxygen atoms in total. The number of likely N-dealkylation sites (tertiary alicyclic amines) is 1. The number of hydrogen-bond acceptors (Lipinski definition) is 4. The Balaban J connectivity index is 1.48. The summed E-state index contributed by atoms with van der Waals surface area (Å²) in [5.41, 5.74) is 10.1. The molecular weight excluding hydrogens is 368 g/mol. The second-order valence-electron chi connectivity index (χ2n) is 7.41. The van der Waals surface area contributed by atoms with Crippen molar-refractivity contribution >= 4 is 17.2 Å². The Morgan fingerprint density at radius 1 is 1.18 bits per heavy atom. The summed E-state index contributed by atoms with van der Waals surface area (Å²) in [7, 11) is 0. The van der Waals surface area contributed by atoms with E-state index in [1.807, 2.05) is 12.4 Å². The van der Waals surface area contributed by atoms with Crippen LogP contribution in [0.2, 0.25) is 0 Å². The normalized spacial score (nSPS) is 17.6. The third-order valence-corrected chi connectivity index (χ3v) is 6.14. The summed E-state index contributed by atoms with van der Waals surface area (Å²) >= 11 is 1.71. The Morgan fingerprint density at radius 2 is 2.04 bits per heavy atom. The van der Waals surface area contributed by atoms with Crippen molar-refractivity contribution in [2.75, 3.05) is 19.6 Å². The summed E-state index contributed by atoms with van der Waals surface area (Å²) in [6.45, 7) is 3.74. The first-order valence-electron chi connectivity index (χ1n) is 9.87. The number of benzene rings is 1. The highest BCUT2D eigenvalue weighted by Crippen LogP contribution is 2.32. The van der Waals surface area contributed by atoms with Crippen LogP contribution in [0.1, 0.15) is 19.3 Å². The molecule has 1 fully saturated rings. The van der Waals surface area contributed by atoms with Gasteiger partial charge in [-0.1, -0.05) is 30.3 Å². The second kappa shape index (κ2) is 8.71. The number of piperidine rings is 1. The Bertz CT molecular complexity index is 904. The predicted octanol–water partition coefficient (Wildman–Crippen LogP) is 3.87. The molecular formula is C22H26N4OS. The van der Waals surface area contributed by atoms with E-state index in [0.717, 1.165) is 56.7 Å². The molecule has 1 aliphatic rings. The topological polar surface area (TPSA) is 64.2 Å². The smallest absolute Gasteiger partial charge is 0.221 e. The fraction of sp³-hybridized carbons (Fsp3) is 0.364. The predicted molar refractivity (Wildman–Crippen MR) is 114 cm³/mol. The van der Waals surface area contributed by atoms with Crippen molar-refractivity contribution in [3.8, 4) is 22.5 Å². The molecule has 3 heterocycles. The summed E-state index contributed by atoms with van der Waals surface area (Å²) < 4.78 is 2.26. The number of thiophene rings is 1. The van der Waals surface area contributed by atoms with Gasteiger partial charge in [-0.3, -0.25) is 4.79 Å². The molecule has 28 heavy (non-hydrogen) atoms. The van der Waals surface area contributed by atoms with Gasteiger partial charge < -0.3 is 15.2 Å². The first-order valence-corrected chi connectivity index (χ1v) is 10.8. The number of nitrogens with two attached hydrogens (primary N) is 1. The Labute approximate surface area is 169 Å². The van der Waals surface area contributed by atoms with E-state index in [1.54, 1.807) is 11.3 Å². The van der Waals surface area contributed by atoms with Gasteiger partial charge in [-0.15, -0.1) is 0 Å². The van der Waals surface area contributed by atoms with Gasteiger partial charge in [-0.2, -0.15) is 11.3 Å². The average Bonchev–Trinajstić information content (AvgIpc) is 3.38. The summed E-state index contributed by atoms with van der Waals surface area (Å²) in [5.74, 6) is -0.153. The van der Waals surface area contributed by atoms with Gasteiger partial charge in [0, 0.05) is 29.6 Å². The van der Waals surface area contributed by atoms with Crippen LogP contribution < -0.4 is 5.73 Å². The van der Waals surface area contributed by atoms with E-state index in [4.69, 9.17) is 10.7 Å². The van der Waals surface area contributed by atoms with Gasteiger partial charge >= 0.3 is 0 Å². The minimum absolute atomic E-state index is 0.00745. The highest BCUT2D eigenvalue weighted by atomic mass is 32.1. The van der Waals surface area contributed by atoms with Crippen LogP contribution in [0.4, 0.5) is 0 Å². The highest BCUT2D eigenvalue weighted by Gasteiger charge is 2.23. The largest absolute Gasteiger partial charge is 0.369 e.